The van der Waals surface area contributed by atoms with Crippen LogP contribution >= 0.6 is 23.8 Å². The highest BCUT2D eigenvalue weighted by Gasteiger charge is 2.05. The Morgan fingerprint density at radius 3 is 2.75 bits per heavy atom. The number of amides is 1. The van der Waals surface area contributed by atoms with E-state index in [1.54, 1.807) is 24.3 Å². The Morgan fingerprint density at radius 1 is 1.35 bits per heavy atom. The molecular weight excluding hydrogens is 296 g/mol. The molecule has 0 aromatic heterocycles. The van der Waals surface area contributed by atoms with Crippen LogP contribution in [0.1, 0.15) is 16.8 Å². The van der Waals surface area contributed by atoms with Crippen molar-refractivity contribution in [3.8, 4) is 0 Å². The normalized spacial score (nSPS) is 10.2. The fraction of sp³-hybridized carbons (Fsp3) is 0.385. The molecular formula is C13H20ClN4OS+. The maximum absolute atomic E-state index is 11.8. The first-order valence-corrected chi connectivity index (χ1v) is 7.16. The molecule has 1 aromatic carbocycles. The van der Waals surface area contributed by atoms with Gasteiger partial charge < -0.3 is 10.2 Å². The second kappa shape index (κ2) is 8.73. The van der Waals surface area contributed by atoms with Crippen LogP contribution in [0.4, 0.5) is 0 Å². The average molecular weight is 316 g/mol. The predicted molar refractivity (Wildman–Crippen MR) is 84.9 cm³/mol. The third-order valence-corrected chi connectivity index (χ3v) is 3.00. The number of quaternary nitrogens is 1. The van der Waals surface area contributed by atoms with E-state index in [0.29, 0.717) is 15.7 Å². The molecule has 0 bridgehead atoms. The van der Waals surface area contributed by atoms with Crippen molar-refractivity contribution in [2.24, 2.45) is 0 Å². The number of hydrogen-bond acceptors (Lipinski definition) is 2. The van der Waals surface area contributed by atoms with Gasteiger partial charge in [-0.15, -0.1) is 0 Å². The maximum Gasteiger partial charge on any atom is 0.269 e. The number of rotatable bonds is 5. The molecule has 0 radical (unpaired) electrons. The minimum Gasteiger partial charge on any atom is -0.361 e. The molecule has 4 N–H and O–H groups in total. The molecule has 7 heteroatoms. The molecule has 5 nitrogen and oxygen atoms in total. The van der Waals surface area contributed by atoms with Crippen molar-refractivity contribution < 1.29 is 9.69 Å². The molecule has 1 aromatic rings. The number of carbonyl (C=O) groups excluding carboxylic acids is 1. The Kier molecular flexibility index (Phi) is 7.28. The molecule has 1 amide bonds. The number of nitrogens with one attached hydrogen (secondary N) is 4. The van der Waals surface area contributed by atoms with E-state index >= 15 is 0 Å². The number of benzene rings is 1. The highest BCUT2D eigenvalue weighted by molar-refractivity contribution is 7.80. The van der Waals surface area contributed by atoms with Gasteiger partial charge in [0.25, 0.3) is 5.91 Å². The quantitative estimate of drug-likeness (QED) is 0.351. The fourth-order valence-corrected chi connectivity index (χ4v) is 1.85. The summed E-state index contributed by atoms with van der Waals surface area (Å²) < 4.78 is 0. The Bertz CT molecular complexity index is 467. The van der Waals surface area contributed by atoms with Crippen LogP contribution in [0.25, 0.3) is 0 Å². The molecule has 0 saturated heterocycles. The van der Waals surface area contributed by atoms with E-state index in [1.807, 2.05) is 0 Å². The molecule has 20 heavy (non-hydrogen) atoms. The van der Waals surface area contributed by atoms with Gasteiger partial charge in [0, 0.05) is 23.6 Å². The van der Waals surface area contributed by atoms with Gasteiger partial charge >= 0.3 is 0 Å². The Hall–Kier alpha value is -1.37. The highest BCUT2D eigenvalue weighted by Crippen LogP contribution is 2.09. The van der Waals surface area contributed by atoms with Crippen molar-refractivity contribution in [1.29, 1.82) is 0 Å². The summed E-state index contributed by atoms with van der Waals surface area (Å²) in [6.45, 7) is 1.83. The summed E-state index contributed by atoms with van der Waals surface area (Å²) >= 11 is 10.9. The molecule has 0 aliphatic heterocycles. The Labute approximate surface area is 129 Å². The van der Waals surface area contributed by atoms with Crippen molar-refractivity contribution in [2.45, 2.75) is 6.42 Å². The third-order valence-electron chi connectivity index (χ3n) is 2.52. The molecule has 0 fully saturated rings. The van der Waals surface area contributed by atoms with Crippen LogP contribution < -0.4 is 21.1 Å². The van der Waals surface area contributed by atoms with Crippen LogP contribution in [-0.4, -0.2) is 38.2 Å². The van der Waals surface area contributed by atoms with E-state index in [9.17, 15) is 4.79 Å². The predicted octanol–water partition coefficient (Wildman–Crippen LogP) is -0.0165. The van der Waals surface area contributed by atoms with Crippen LogP contribution in [0.3, 0.4) is 0 Å². The Morgan fingerprint density at radius 2 is 2.10 bits per heavy atom. The standard InChI is InChI=1S/C13H19ClN4OS/c1-18(2)8-4-7-15-13(20)17-16-12(19)10-5-3-6-11(14)9-10/h3,5-6,9H,4,7-8H2,1-2H3,(H,16,19)(H2,15,17,20)/p+1. The maximum atomic E-state index is 11.8. The molecule has 0 spiro atoms. The molecule has 0 aliphatic rings. The van der Waals surface area contributed by atoms with Gasteiger partial charge in [-0.2, -0.15) is 0 Å². The molecule has 0 saturated carbocycles. The second-order valence-electron chi connectivity index (χ2n) is 4.66. The van der Waals surface area contributed by atoms with Gasteiger partial charge in [-0.05, 0) is 30.4 Å². The molecule has 0 aliphatic carbocycles. The van der Waals surface area contributed by atoms with E-state index in [0.717, 1.165) is 19.5 Å². The summed E-state index contributed by atoms with van der Waals surface area (Å²) in [4.78, 5) is 13.2. The van der Waals surface area contributed by atoms with Gasteiger partial charge in [0.2, 0.25) is 0 Å². The monoisotopic (exact) mass is 315 g/mol. The lowest BCUT2D eigenvalue weighted by atomic mass is 10.2. The first kappa shape index (κ1) is 16.7. The van der Waals surface area contributed by atoms with E-state index in [4.69, 9.17) is 23.8 Å². The lowest BCUT2D eigenvalue weighted by molar-refractivity contribution is -0.858. The fourth-order valence-electron chi connectivity index (χ4n) is 1.50. The number of halogens is 1. The van der Waals surface area contributed by atoms with Crippen LogP contribution in [0.5, 0.6) is 0 Å². The largest absolute Gasteiger partial charge is 0.361 e. The summed E-state index contributed by atoms with van der Waals surface area (Å²) in [5.41, 5.74) is 5.65. The SMILES string of the molecule is C[NH+](C)CCCNC(=S)NNC(=O)c1cccc(Cl)c1. The van der Waals surface area contributed by atoms with Crippen molar-refractivity contribution in [3.63, 3.8) is 0 Å². The van der Waals surface area contributed by atoms with E-state index in [1.165, 1.54) is 4.90 Å². The summed E-state index contributed by atoms with van der Waals surface area (Å²) in [5, 5.41) is 3.94. The van der Waals surface area contributed by atoms with Gasteiger partial charge in [0.05, 0.1) is 20.6 Å². The summed E-state index contributed by atoms with van der Waals surface area (Å²) in [5.74, 6) is -0.283. The summed E-state index contributed by atoms with van der Waals surface area (Å²) in [6, 6.07) is 6.70. The number of thiocarbonyl (C=S) groups is 1. The van der Waals surface area contributed by atoms with E-state index < -0.39 is 0 Å². The first-order chi connectivity index (χ1) is 9.49. The van der Waals surface area contributed by atoms with Crippen molar-refractivity contribution >= 4 is 34.8 Å². The van der Waals surface area contributed by atoms with Gasteiger partial charge in [0.15, 0.2) is 5.11 Å². The lowest BCUT2D eigenvalue weighted by Crippen LogP contribution is -3.05. The minimum absolute atomic E-state index is 0.283. The molecule has 110 valence electrons. The van der Waals surface area contributed by atoms with E-state index in [2.05, 4.69) is 30.3 Å². The van der Waals surface area contributed by atoms with Crippen molar-refractivity contribution in [1.82, 2.24) is 16.2 Å². The van der Waals surface area contributed by atoms with Crippen LogP contribution in [0, 0.1) is 0 Å². The summed E-state index contributed by atoms with van der Waals surface area (Å²) in [7, 11) is 4.20. The van der Waals surface area contributed by atoms with E-state index in [-0.39, 0.29) is 5.91 Å². The molecule has 0 atom stereocenters. The molecule has 1 rings (SSSR count). The summed E-state index contributed by atoms with van der Waals surface area (Å²) in [6.07, 6.45) is 1.01. The molecule has 0 unspecified atom stereocenters. The number of hydrogen-bond donors (Lipinski definition) is 4. The Balaban J connectivity index is 2.25. The zero-order valence-corrected chi connectivity index (χ0v) is 13.2. The zero-order valence-electron chi connectivity index (χ0n) is 11.6. The van der Waals surface area contributed by atoms with Crippen LogP contribution in [0.2, 0.25) is 5.02 Å². The van der Waals surface area contributed by atoms with Crippen molar-refractivity contribution in [3.05, 3.63) is 34.9 Å². The van der Waals surface area contributed by atoms with Crippen molar-refractivity contribution in [2.75, 3.05) is 27.2 Å². The topological polar surface area (TPSA) is 57.6 Å². The smallest absolute Gasteiger partial charge is 0.269 e. The van der Waals surface area contributed by atoms with Gasteiger partial charge in [-0.3, -0.25) is 15.6 Å². The van der Waals surface area contributed by atoms with Gasteiger partial charge in [0.1, 0.15) is 0 Å². The third kappa shape index (κ3) is 6.70. The number of carbonyl (C=O) groups is 1. The second-order valence-corrected chi connectivity index (χ2v) is 5.50. The van der Waals surface area contributed by atoms with Crippen LogP contribution in [-0.2, 0) is 0 Å². The van der Waals surface area contributed by atoms with Crippen LogP contribution in [0.15, 0.2) is 24.3 Å². The lowest BCUT2D eigenvalue weighted by Gasteiger charge is -2.12. The zero-order chi connectivity index (χ0) is 15.0. The van der Waals surface area contributed by atoms with Gasteiger partial charge in [-0.25, -0.2) is 0 Å². The highest BCUT2D eigenvalue weighted by atomic mass is 35.5. The minimum atomic E-state index is -0.283. The average Bonchev–Trinajstić information content (AvgIpc) is 2.40. The first-order valence-electron chi connectivity index (χ1n) is 6.38. The van der Waals surface area contributed by atoms with Gasteiger partial charge in [-0.1, -0.05) is 17.7 Å². The molecule has 0 heterocycles. The number of hydrazine groups is 1.